The summed E-state index contributed by atoms with van der Waals surface area (Å²) in [5.41, 5.74) is 1.92. The topological polar surface area (TPSA) is 78.7 Å². The zero-order chi connectivity index (χ0) is 20.1. The van der Waals surface area contributed by atoms with Crippen molar-refractivity contribution in [3.63, 3.8) is 0 Å². The van der Waals surface area contributed by atoms with Crippen molar-refractivity contribution in [3.8, 4) is 0 Å². The van der Waals surface area contributed by atoms with Gasteiger partial charge in [-0.3, -0.25) is 4.57 Å². The fourth-order valence-electron chi connectivity index (χ4n) is 3.40. The molecule has 0 atom stereocenters. The van der Waals surface area contributed by atoms with Gasteiger partial charge in [0.05, 0.1) is 24.7 Å². The van der Waals surface area contributed by atoms with Crippen molar-refractivity contribution < 1.29 is 4.42 Å². The van der Waals surface area contributed by atoms with Crippen LogP contribution in [0.4, 0.5) is 0 Å². The highest BCUT2D eigenvalue weighted by Gasteiger charge is 2.10. The predicted octanol–water partition coefficient (Wildman–Crippen LogP) is 3.80. The second kappa shape index (κ2) is 8.86. The highest BCUT2D eigenvalue weighted by atomic mass is 16.3. The van der Waals surface area contributed by atoms with E-state index in [9.17, 15) is 4.79 Å². The molecule has 0 aliphatic rings. The van der Waals surface area contributed by atoms with Crippen molar-refractivity contribution in [1.29, 1.82) is 0 Å². The average Bonchev–Trinajstić information content (AvgIpc) is 3.32. The number of furan rings is 1. The minimum atomic E-state index is -0.345. The van der Waals surface area contributed by atoms with Gasteiger partial charge in [-0.1, -0.05) is 61.7 Å². The molecular weight excluding hydrogens is 366 g/mol. The number of benzene rings is 1. The van der Waals surface area contributed by atoms with E-state index >= 15 is 0 Å². The smallest absolute Gasteiger partial charge is 0.351 e. The van der Waals surface area contributed by atoms with Crippen LogP contribution in [0.5, 0.6) is 0 Å². The molecule has 0 saturated carbocycles. The van der Waals surface area contributed by atoms with Gasteiger partial charge in [0.1, 0.15) is 11.5 Å². The molecule has 0 aliphatic carbocycles. The molecule has 1 aromatic carbocycles. The largest absolute Gasteiger partial charge is 0.443 e. The third-order valence-electron chi connectivity index (χ3n) is 4.91. The third kappa shape index (κ3) is 4.80. The zero-order valence-corrected chi connectivity index (χ0v) is 16.6. The highest BCUT2D eigenvalue weighted by molar-refractivity contribution is 5.72. The van der Waals surface area contributed by atoms with Crippen molar-refractivity contribution >= 4 is 11.1 Å². The molecule has 0 radical (unpaired) electrons. The van der Waals surface area contributed by atoms with Gasteiger partial charge in [-0.05, 0) is 18.1 Å². The first-order valence-corrected chi connectivity index (χ1v) is 10.1. The maximum atomic E-state index is 12.4. The molecule has 4 rings (SSSR count). The van der Waals surface area contributed by atoms with E-state index in [1.165, 1.54) is 19.3 Å². The number of nitrogens with zero attached hydrogens (tertiary/aromatic N) is 5. The van der Waals surface area contributed by atoms with Crippen molar-refractivity contribution in [2.45, 2.75) is 52.1 Å². The lowest BCUT2D eigenvalue weighted by Gasteiger charge is -2.01. The summed E-state index contributed by atoms with van der Waals surface area (Å²) in [5, 5.41) is 9.20. The Morgan fingerprint density at radius 2 is 1.90 bits per heavy atom. The van der Waals surface area contributed by atoms with Crippen LogP contribution in [-0.4, -0.2) is 24.5 Å². The minimum Gasteiger partial charge on any atom is -0.443 e. The number of fused-ring (bicyclic) bond motifs is 1. The Morgan fingerprint density at radius 1 is 1.03 bits per heavy atom. The maximum Gasteiger partial charge on any atom is 0.351 e. The minimum absolute atomic E-state index is 0.327. The van der Waals surface area contributed by atoms with Crippen LogP contribution >= 0.6 is 0 Å². The van der Waals surface area contributed by atoms with Gasteiger partial charge >= 0.3 is 5.69 Å². The molecule has 0 bridgehead atoms. The molecule has 7 nitrogen and oxygen atoms in total. The van der Waals surface area contributed by atoms with Crippen molar-refractivity contribution in [1.82, 2.24) is 24.5 Å². The van der Waals surface area contributed by atoms with E-state index in [4.69, 9.17) is 4.42 Å². The summed E-state index contributed by atoms with van der Waals surface area (Å²) in [4.78, 5) is 16.5. The molecule has 150 valence electrons. The van der Waals surface area contributed by atoms with Gasteiger partial charge in [-0.15, -0.1) is 5.10 Å². The Morgan fingerprint density at radius 3 is 2.72 bits per heavy atom. The highest BCUT2D eigenvalue weighted by Crippen LogP contribution is 2.18. The molecule has 4 aromatic rings. The van der Waals surface area contributed by atoms with E-state index in [0.717, 1.165) is 29.6 Å². The second-order valence-corrected chi connectivity index (χ2v) is 7.33. The zero-order valence-electron chi connectivity index (χ0n) is 16.6. The molecule has 29 heavy (non-hydrogen) atoms. The van der Waals surface area contributed by atoms with Gasteiger partial charge in [-0.2, -0.15) is 4.98 Å². The quantitative estimate of drug-likeness (QED) is 0.406. The summed E-state index contributed by atoms with van der Waals surface area (Å²) in [6.07, 6.45) is 9.23. The van der Waals surface area contributed by atoms with Crippen LogP contribution < -0.4 is 5.69 Å². The summed E-state index contributed by atoms with van der Waals surface area (Å²) in [7, 11) is 0. The van der Waals surface area contributed by atoms with E-state index < -0.39 is 0 Å². The van der Waals surface area contributed by atoms with Crippen molar-refractivity contribution in [2.24, 2.45) is 0 Å². The lowest BCUT2D eigenvalue weighted by Crippen LogP contribution is -2.22. The first-order valence-electron chi connectivity index (χ1n) is 10.1. The Bertz CT molecular complexity index is 1130. The lowest BCUT2D eigenvalue weighted by atomic mass is 10.1. The lowest BCUT2D eigenvalue weighted by molar-refractivity contribution is 0.517. The first kappa shape index (κ1) is 19.1. The van der Waals surface area contributed by atoms with Crippen LogP contribution in [0.1, 0.15) is 49.6 Å². The van der Waals surface area contributed by atoms with E-state index in [2.05, 4.69) is 22.2 Å². The number of hydrogen-bond acceptors (Lipinski definition) is 5. The fourth-order valence-corrected chi connectivity index (χ4v) is 3.40. The fraction of sp³-hybridized carbons (Fsp3) is 0.364. The van der Waals surface area contributed by atoms with Crippen LogP contribution in [-0.2, 0) is 19.5 Å². The van der Waals surface area contributed by atoms with Crippen LogP contribution in [0.15, 0.2) is 58.0 Å². The van der Waals surface area contributed by atoms with Gasteiger partial charge in [0.15, 0.2) is 0 Å². The molecule has 0 saturated heterocycles. The Kier molecular flexibility index (Phi) is 5.84. The number of unbranched alkanes of at least 4 members (excludes halogenated alkanes) is 3. The van der Waals surface area contributed by atoms with E-state index in [-0.39, 0.29) is 5.69 Å². The van der Waals surface area contributed by atoms with Crippen LogP contribution in [0, 0.1) is 0 Å². The van der Waals surface area contributed by atoms with Gasteiger partial charge in [-0.25, -0.2) is 9.48 Å². The molecule has 3 heterocycles. The van der Waals surface area contributed by atoms with Gasteiger partial charge < -0.3 is 4.42 Å². The summed E-state index contributed by atoms with van der Waals surface area (Å²) < 4.78 is 9.07. The SMILES string of the molecule is CCCCCCc1cc2cn(Cc3cn(Cc4ccccc4)nn3)c(=O)nc2o1. The van der Waals surface area contributed by atoms with Gasteiger partial charge in [0, 0.05) is 12.6 Å². The molecule has 0 amide bonds. The second-order valence-electron chi connectivity index (χ2n) is 7.33. The van der Waals surface area contributed by atoms with Gasteiger partial charge in [0.2, 0.25) is 5.71 Å². The van der Waals surface area contributed by atoms with Gasteiger partial charge in [0.25, 0.3) is 0 Å². The normalized spacial score (nSPS) is 11.3. The third-order valence-corrected chi connectivity index (χ3v) is 4.91. The Balaban J connectivity index is 1.46. The molecule has 0 spiro atoms. The molecule has 0 fully saturated rings. The molecule has 7 heteroatoms. The Labute approximate surface area is 169 Å². The summed E-state index contributed by atoms with van der Waals surface area (Å²) in [6.45, 7) is 3.16. The molecule has 3 aromatic heterocycles. The summed E-state index contributed by atoms with van der Waals surface area (Å²) in [6, 6.07) is 12.0. The standard InChI is InChI=1S/C22H25N5O2/c1-2-3-4-8-11-20-12-18-14-26(22(28)23-21(18)29-20)15-19-16-27(25-24-19)13-17-9-6-5-7-10-17/h5-7,9-10,12,14,16H,2-4,8,11,13,15H2,1H3. The number of aromatic nitrogens is 5. The van der Waals surface area contributed by atoms with Crippen LogP contribution in [0.2, 0.25) is 0 Å². The molecule has 0 N–H and O–H groups in total. The summed E-state index contributed by atoms with van der Waals surface area (Å²) >= 11 is 0. The average molecular weight is 391 g/mol. The molecule has 0 aliphatic heterocycles. The van der Waals surface area contributed by atoms with Crippen LogP contribution in [0.25, 0.3) is 11.1 Å². The number of aryl methyl sites for hydroxylation is 1. The van der Waals surface area contributed by atoms with E-state index in [1.54, 1.807) is 15.4 Å². The Hall–Kier alpha value is -3.22. The number of hydrogen-bond donors (Lipinski definition) is 0. The molecule has 0 unspecified atom stereocenters. The van der Waals surface area contributed by atoms with Crippen molar-refractivity contribution in [3.05, 3.63) is 76.3 Å². The van der Waals surface area contributed by atoms with E-state index in [1.807, 2.05) is 42.6 Å². The summed E-state index contributed by atoms with van der Waals surface area (Å²) in [5.74, 6) is 0.884. The monoisotopic (exact) mass is 391 g/mol. The first-order chi connectivity index (χ1) is 14.2. The van der Waals surface area contributed by atoms with Crippen molar-refractivity contribution in [2.75, 3.05) is 0 Å². The van der Waals surface area contributed by atoms with E-state index in [0.29, 0.717) is 24.5 Å². The molecular formula is C22H25N5O2. The number of rotatable bonds is 9. The maximum absolute atomic E-state index is 12.4. The predicted molar refractivity (Wildman–Crippen MR) is 111 cm³/mol. The van der Waals surface area contributed by atoms with Crippen LogP contribution in [0.3, 0.4) is 0 Å².